The standard InChI is InChI=1S/C22H20O2S/c23-22(24)20-15-6-4-9-17(20)11-8-12-18-10-5-7-16-21(18)25-19-13-2-1-3-14-19/h1-7,9-10,13-16H,8,11-12H2,(H,23,24). The number of hydrogen-bond donors (Lipinski definition) is 1. The van der Waals surface area contributed by atoms with Gasteiger partial charge in [-0.25, -0.2) is 4.79 Å². The van der Waals surface area contributed by atoms with E-state index in [1.54, 1.807) is 23.9 Å². The fraction of sp³-hybridized carbons (Fsp3) is 0.136. The van der Waals surface area contributed by atoms with Gasteiger partial charge in [0.15, 0.2) is 0 Å². The van der Waals surface area contributed by atoms with Crippen LogP contribution < -0.4 is 0 Å². The second-order valence-corrected chi connectivity index (χ2v) is 6.95. The smallest absolute Gasteiger partial charge is 0.335 e. The molecule has 0 atom stereocenters. The highest BCUT2D eigenvalue weighted by Crippen LogP contribution is 2.31. The lowest BCUT2D eigenvalue weighted by Gasteiger charge is -2.10. The van der Waals surface area contributed by atoms with Crippen molar-refractivity contribution in [3.05, 3.63) is 95.6 Å². The molecule has 0 fully saturated rings. The van der Waals surface area contributed by atoms with Gasteiger partial charge >= 0.3 is 5.97 Å². The van der Waals surface area contributed by atoms with Crippen molar-refractivity contribution >= 4 is 17.7 Å². The van der Waals surface area contributed by atoms with Gasteiger partial charge in [0.05, 0.1) is 5.56 Å². The third-order valence-corrected chi connectivity index (χ3v) is 5.21. The van der Waals surface area contributed by atoms with Gasteiger partial charge < -0.3 is 5.11 Å². The molecule has 126 valence electrons. The summed E-state index contributed by atoms with van der Waals surface area (Å²) in [6, 6.07) is 26.1. The molecule has 0 saturated heterocycles. The topological polar surface area (TPSA) is 37.3 Å². The number of rotatable bonds is 7. The molecule has 0 bridgehead atoms. The average molecular weight is 348 g/mol. The third kappa shape index (κ3) is 4.74. The van der Waals surface area contributed by atoms with E-state index < -0.39 is 5.97 Å². The molecule has 3 aromatic rings. The zero-order valence-corrected chi connectivity index (χ0v) is 14.7. The number of aryl methyl sites for hydroxylation is 2. The van der Waals surface area contributed by atoms with Crippen LogP contribution in [-0.4, -0.2) is 11.1 Å². The maximum absolute atomic E-state index is 11.3. The van der Waals surface area contributed by atoms with Gasteiger partial charge in [0.1, 0.15) is 0 Å². The van der Waals surface area contributed by atoms with Crippen molar-refractivity contribution in [3.63, 3.8) is 0 Å². The molecule has 2 nitrogen and oxygen atoms in total. The van der Waals surface area contributed by atoms with Crippen molar-refractivity contribution in [2.45, 2.75) is 29.1 Å². The Labute approximate surface area is 152 Å². The highest BCUT2D eigenvalue weighted by molar-refractivity contribution is 7.99. The van der Waals surface area contributed by atoms with Crippen LogP contribution in [0.3, 0.4) is 0 Å². The number of benzene rings is 3. The van der Waals surface area contributed by atoms with Crippen LogP contribution in [0, 0.1) is 0 Å². The normalized spacial score (nSPS) is 10.6. The molecule has 3 heteroatoms. The molecule has 3 aromatic carbocycles. The van der Waals surface area contributed by atoms with Gasteiger partial charge in [-0.05, 0) is 54.7 Å². The minimum atomic E-state index is -0.851. The summed E-state index contributed by atoms with van der Waals surface area (Å²) in [6.07, 6.45) is 2.63. The van der Waals surface area contributed by atoms with E-state index in [-0.39, 0.29) is 0 Å². The van der Waals surface area contributed by atoms with Crippen LogP contribution >= 0.6 is 11.8 Å². The molecular formula is C22H20O2S. The summed E-state index contributed by atoms with van der Waals surface area (Å²) in [5, 5.41) is 9.29. The van der Waals surface area contributed by atoms with Crippen LogP contribution in [0.25, 0.3) is 0 Å². The quantitative estimate of drug-likeness (QED) is 0.594. The van der Waals surface area contributed by atoms with Crippen molar-refractivity contribution in [2.24, 2.45) is 0 Å². The predicted molar refractivity (Wildman–Crippen MR) is 102 cm³/mol. The maximum Gasteiger partial charge on any atom is 0.335 e. The minimum Gasteiger partial charge on any atom is -0.478 e. The third-order valence-electron chi connectivity index (χ3n) is 4.08. The molecule has 0 unspecified atom stereocenters. The van der Waals surface area contributed by atoms with Crippen LogP contribution in [0.5, 0.6) is 0 Å². The zero-order valence-electron chi connectivity index (χ0n) is 13.9. The fourth-order valence-electron chi connectivity index (χ4n) is 2.84. The first-order valence-electron chi connectivity index (χ1n) is 8.36. The van der Waals surface area contributed by atoms with E-state index >= 15 is 0 Å². The van der Waals surface area contributed by atoms with Crippen molar-refractivity contribution in [1.82, 2.24) is 0 Å². The molecule has 0 aromatic heterocycles. The summed E-state index contributed by atoms with van der Waals surface area (Å²) < 4.78 is 0. The van der Waals surface area contributed by atoms with Gasteiger partial charge in [-0.2, -0.15) is 0 Å². The molecular weight excluding hydrogens is 328 g/mol. The fourth-order valence-corrected chi connectivity index (χ4v) is 3.84. The second-order valence-electron chi connectivity index (χ2n) is 5.84. The van der Waals surface area contributed by atoms with Gasteiger partial charge in [0.25, 0.3) is 0 Å². The first kappa shape index (κ1) is 17.3. The number of hydrogen-bond acceptors (Lipinski definition) is 2. The largest absolute Gasteiger partial charge is 0.478 e. The van der Waals surface area contributed by atoms with Crippen molar-refractivity contribution in [3.8, 4) is 0 Å². The van der Waals surface area contributed by atoms with Gasteiger partial charge in [0, 0.05) is 9.79 Å². The SMILES string of the molecule is O=C(O)c1ccccc1CCCc1ccccc1Sc1ccccc1. The monoisotopic (exact) mass is 348 g/mol. The summed E-state index contributed by atoms with van der Waals surface area (Å²) in [5.74, 6) is -0.851. The number of carboxylic acids is 1. The highest BCUT2D eigenvalue weighted by Gasteiger charge is 2.09. The molecule has 25 heavy (non-hydrogen) atoms. The van der Waals surface area contributed by atoms with E-state index in [4.69, 9.17) is 0 Å². The molecule has 0 aliphatic carbocycles. The first-order chi connectivity index (χ1) is 12.2. The van der Waals surface area contributed by atoms with E-state index in [2.05, 4.69) is 36.4 Å². The summed E-state index contributed by atoms with van der Waals surface area (Å²) in [4.78, 5) is 13.8. The number of carboxylic acid groups (broad SMARTS) is 1. The van der Waals surface area contributed by atoms with E-state index in [1.807, 2.05) is 30.3 Å². The Morgan fingerprint density at radius 1 is 0.760 bits per heavy atom. The molecule has 0 aliphatic rings. The first-order valence-corrected chi connectivity index (χ1v) is 9.17. The van der Waals surface area contributed by atoms with Gasteiger partial charge in [-0.15, -0.1) is 0 Å². The molecule has 1 N–H and O–H groups in total. The summed E-state index contributed by atoms with van der Waals surface area (Å²) in [6.45, 7) is 0. The Morgan fingerprint density at radius 2 is 1.36 bits per heavy atom. The van der Waals surface area contributed by atoms with Crippen LogP contribution in [0.15, 0.2) is 88.7 Å². The minimum absolute atomic E-state index is 0.412. The molecule has 0 spiro atoms. The summed E-state index contributed by atoms with van der Waals surface area (Å²) in [5.41, 5.74) is 2.63. The molecule has 0 heterocycles. The Kier molecular flexibility index (Phi) is 5.91. The van der Waals surface area contributed by atoms with Crippen LogP contribution in [0.1, 0.15) is 27.9 Å². The molecule has 0 saturated carbocycles. The zero-order chi connectivity index (χ0) is 17.5. The molecule has 0 radical (unpaired) electrons. The lowest BCUT2D eigenvalue weighted by Crippen LogP contribution is -2.02. The molecule has 0 amide bonds. The average Bonchev–Trinajstić information content (AvgIpc) is 2.64. The maximum atomic E-state index is 11.3. The second kappa shape index (κ2) is 8.54. The van der Waals surface area contributed by atoms with Gasteiger partial charge in [-0.1, -0.05) is 66.4 Å². The van der Waals surface area contributed by atoms with E-state index in [0.29, 0.717) is 5.56 Å². The molecule has 3 rings (SSSR count). The van der Waals surface area contributed by atoms with Crippen molar-refractivity contribution in [1.29, 1.82) is 0 Å². The van der Waals surface area contributed by atoms with E-state index in [1.165, 1.54) is 15.4 Å². The van der Waals surface area contributed by atoms with E-state index in [9.17, 15) is 9.90 Å². The number of aromatic carboxylic acids is 1. The Morgan fingerprint density at radius 3 is 2.12 bits per heavy atom. The predicted octanol–water partition coefficient (Wildman–Crippen LogP) is 5.71. The van der Waals surface area contributed by atoms with Crippen LogP contribution in [-0.2, 0) is 12.8 Å². The van der Waals surface area contributed by atoms with Crippen LogP contribution in [0.2, 0.25) is 0 Å². The Bertz CT molecular complexity index is 843. The summed E-state index contributed by atoms with van der Waals surface area (Å²) >= 11 is 1.77. The summed E-state index contributed by atoms with van der Waals surface area (Å²) in [7, 11) is 0. The molecule has 0 aliphatic heterocycles. The van der Waals surface area contributed by atoms with Gasteiger partial charge in [0.2, 0.25) is 0 Å². The highest BCUT2D eigenvalue weighted by atomic mass is 32.2. The Balaban J connectivity index is 1.67. The Hall–Kier alpha value is -2.52. The van der Waals surface area contributed by atoms with Gasteiger partial charge in [-0.3, -0.25) is 0 Å². The van der Waals surface area contributed by atoms with E-state index in [0.717, 1.165) is 24.8 Å². The van der Waals surface area contributed by atoms with Crippen molar-refractivity contribution in [2.75, 3.05) is 0 Å². The lowest BCUT2D eigenvalue weighted by molar-refractivity contribution is 0.0695. The van der Waals surface area contributed by atoms with Crippen molar-refractivity contribution < 1.29 is 9.90 Å². The van der Waals surface area contributed by atoms with Crippen LogP contribution in [0.4, 0.5) is 0 Å². The lowest BCUT2D eigenvalue weighted by atomic mass is 10.00. The number of carbonyl (C=O) groups is 1.